The topological polar surface area (TPSA) is 89.9 Å². The Morgan fingerprint density at radius 3 is 2.57 bits per heavy atom. The Morgan fingerprint density at radius 1 is 1.38 bits per heavy atom. The van der Waals surface area contributed by atoms with Gasteiger partial charge in [-0.25, -0.2) is 12.7 Å². The number of ether oxygens (including phenoxy) is 1. The predicted molar refractivity (Wildman–Crippen MR) is 74.3 cm³/mol. The van der Waals surface area contributed by atoms with Crippen LogP contribution in [-0.4, -0.2) is 48.2 Å². The fraction of sp³-hybridized carbons (Fsp3) is 0.538. The molecule has 0 saturated heterocycles. The van der Waals surface area contributed by atoms with E-state index >= 15 is 0 Å². The zero-order chi connectivity index (χ0) is 15.2. The van der Waals surface area contributed by atoms with Crippen molar-refractivity contribution in [2.45, 2.75) is 26.4 Å². The minimum atomic E-state index is -4.54. The van der Waals surface area contributed by atoms with Gasteiger partial charge >= 0.3 is 51.4 Å². The second kappa shape index (κ2) is 10.3. The molecule has 0 aromatic heterocycles. The van der Waals surface area contributed by atoms with Crippen LogP contribution in [0.15, 0.2) is 24.3 Å². The van der Waals surface area contributed by atoms with Gasteiger partial charge in [0.25, 0.3) is 0 Å². The number of nitrogens with zero attached hydrogens (tertiary/aromatic N) is 1. The number of benzene rings is 1. The third-order valence-electron chi connectivity index (χ3n) is 2.83. The number of likely N-dealkylation sites (N-methyl/N-ethyl adjacent to an activating group) is 1. The zero-order valence-corrected chi connectivity index (χ0v) is 16.6. The summed E-state index contributed by atoms with van der Waals surface area (Å²) in [4.78, 5) is 0. The van der Waals surface area contributed by atoms with E-state index in [2.05, 4.69) is 0 Å². The Kier molecular flexibility index (Phi) is 10.5. The Hall–Kier alpha value is 0.486. The molecule has 1 N–H and O–H groups in total. The molecule has 0 aliphatic carbocycles. The number of hydrogen-bond acceptors (Lipinski definition) is 5. The summed E-state index contributed by atoms with van der Waals surface area (Å²) < 4.78 is 38.7. The first-order valence-electron chi connectivity index (χ1n) is 6.47. The van der Waals surface area contributed by atoms with E-state index in [1.165, 1.54) is 6.92 Å². The van der Waals surface area contributed by atoms with E-state index in [-0.39, 0.29) is 71.1 Å². The molecular formula is C13H20KNO5S. The third kappa shape index (κ3) is 8.05. The van der Waals surface area contributed by atoms with Gasteiger partial charge in [-0.15, -0.1) is 0 Å². The smallest absolute Gasteiger partial charge is 0.735 e. The summed E-state index contributed by atoms with van der Waals surface area (Å²) in [7, 11) is -4.54. The summed E-state index contributed by atoms with van der Waals surface area (Å²) >= 11 is 0. The fourth-order valence-corrected chi connectivity index (χ4v) is 2.38. The van der Waals surface area contributed by atoms with Gasteiger partial charge in [-0.3, -0.25) is 0 Å². The van der Waals surface area contributed by atoms with Gasteiger partial charge in [0.15, 0.2) is 10.3 Å². The van der Waals surface area contributed by atoms with Crippen LogP contribution >= 0.6 is 0 Å². The predicted octanol–water partition coefficient (Wildman–Crippen LogP) is -2.23. The van der Waals surface area contributed by atoms with Crippen molar-refractivity contribution in [3.05, 3.63) is 29.8 Å². The van der Waals surface area contributed by atoms with Crippen molar-refractivity contribution < 1.29 is 74.2 Å². The Labute approximate surface area is 168 Å². The van der Waals surface area contributed by atoms with E-state index < -0.39 is 16.4 Å². The van der Waals surface area contributed by atoms with Crippen LogP contribution in [0.2, 0.25) is 0 Å². The average Bonchev–Trinajstić information content (AvgIpc) is 2.41. The molecule has 1 atom stereocenters. The van der Waals surface area contributed by atoms with Crippen molar-refractivity contribution in [2.75, 3.05) is 19.7 Å². The fourth-order valence-electron chi connectivity index (χ4n) is 1.71. The molecule has 0 radical (unpaired) electrons. The molecule has 1 unspecified atom stereocenters. The van der Waals surface area contributed by atoms with E-state index in [0.717, 1.165) is 12.0 Å². The maximum atomic E-state index is 10.9. The number of aliphatic hydroxyl groups excluding tert-OH is 1. The van der Waals surface area contributed by atoms with Crippen LogP contribution in [0.25, 0.3) is 0 Å². The van der Waals surface area contributed by atoms with E-state index in [4.69, 9.17) is 4.74 Å². The Morgan fingerprint density at radius 2 is 2.05 bits per heavy atom. The van der Waals surface area contributed by atoms with Gasteiger partial charge in [0.05, 0.1) is 0 Å². The maximum Gasteiger partial charge on any atom is 1.00 e. The molecule has 6 nitrogen and oxygen atoms in total. The molecule has 0 aliphatic rings. The van der Waals surface area contributed by atoms with Gasteiger partial charge in [0.2, 0.25) is 0 Å². The quantitative estimate of drug-likeness (QED) is 0.427. The van der Waals surface area contributed by atoms with Crippen molar-refractivity contribution in [1.82, 2.24) is 4.31 Å². The summed E-state index contributed by atoms with van der Waals surface area (Å²) in [6.07, 6.45) is -0.179. The molecule has 0 bridgehead atoms. The van der Waals surface area contributed by atoms with Crippen molar-refractivity contribution in [2.24, 2.45) is 0 Å². The molecule has 0 amide bonds. The number of aryl methyl sites for hydroxylation is 1. The van der Waals surface area contributed by atoms with Crippen LogP contribution < -0.4 is 56.1 Å². The van der Waals surface area contributed by atoms with Gasteiger partial charge in [-0.05, 0) is 24.1 Å². The van der Waals surface area contributed by atoms with Crippen molar-refractivity contribution in [3.8, 4) is 5.75 Å². The summed E-state index contributed by atoms with van der Waals surface area (Å²) in [5, 5.41) is 9.73. The monoisotopic (exact) mass is 341 g/mol. The molecule has 8 heteroatoms. The molecule has 1 aromatic rings. The summed E-state index contributed by atoms with van der Waals surface area (Å²) in [6, 6.07) is 7.43. The normalized spacial score (nSPS) is 12.8. The van der Waals surface area contributed by atoms with Gasteiger partial charge in [-0.1, -0.05) is 26.0 Å². The third-order valence-corrected chi connectivity index (χ3v) is 3.87. The van der Waals surface area contributed by atoms with Crippen LogP contribution in [-0.2, 0) is 16.7 Å². The molecule has 0 saturated carbocycles. The van der Waals surface area contributed by atoms with E-state index in [1.54, 1.807) is 6.07 Å². The molecule has 114 valence electrons. The van der Waals surface area contributed by atoms with Gasteiger partial charge in [0.1, 0.15) is 18.5 Å². The van der Waals surface area contributed by atoms with E-state index in [0.29, 0.717) is 10.1 Å². The number of hydrogen-bond donors (Lipinski definition) is 1. The number of aliphatic hydroxyl groups is 1. The van der Waals surface area contributed by atoms with E-state index in [9.17, 15) is 18.1 Å². The number of rotatable bonds is 8. The average molecular weight is 341 g/mol. The molecule has 1 rings (SSSR count). The second-order valence-electron chi connectivity index (χ2n) is 4.37. The molecule has 21 heavy (non-hydrogen) atoms. The minimum absolute atomic E-state index is 0. The van der Waals surface area contributed by atoms with Gasteiger partial charge < -0.3 is 14.4 Å². The molecule has 0 spiro atoms. The van der Waals surface area contributed by atoms with Crippen LogP contribution in [0, 0.1) is 0 Å². The second-order valence-corrected chi connectivity index (χ2v) is 5.75. The summed E-state index contributed by atoms with van der Waals surface area (Å²) in [5.74, 6) is 0.608. The minimum Gasteiger partial charge on any atom is -0.735 e. The first kappa shape index (κ1) is 21.5. The van der Waals surface area contributed by atoms with Crippen LogP contribution in [0.1, 0.15) is 19.4 Å². The van der Waals surface area contributed by atoms with Crippen molar-refractivity contribution >= 4 is 10.3 Å². The summed E-state index contributed by atoms with van der Waals surface area (Å²) in [6.45, 7) is 3.24. The first-order chi connectivity index (χ1) is 9.36. The largest absolute Gasteiger partial charge is 1.00 e. The molecule has 0 heterocycles. The van der Waals surface area contributed by atoms with Gasteiger partial charge in [-0.2, -0.15) is 0 Å². The van der Waals surface area contributed by atoms with E-state index in [1.807, 2.05) is 25.1 Å². The van der Waals surface area contributed by atoms with Crippen LogP contribution in [0.4, 0.5) is 0 Å². The summed E-state index contributed by atoms with van der Waals surface area (Å²) in [5.41, 5.74) is 1.11. The van der Waals surface area contributed by atoms with Crippen molar-refractivity contribution in [1.29, 1.82) is 0 Å². The molecule has 1 aromatic carbocycles. The molecule has 0 fully saturated rings. The Bertz CT molecular complexity index is 523. The molecule has 0 aliphatic heterocycles. The standard InChI is InChI=1S/C13H21NO5S.K/c1-3-11-6-5-7-13(8-11)19-10-12(15)9-14(4-2)20(16,17)18;/h5-8,12,15H,3-4,9-10H2,1-2H3,(H,16,17,18);/q;+1/p-1. The van der Waals surface area contributed by atoms with Crippen LogP contribution in [0.5, 0.6) is 5.75 Å². The van der Waals surface area contributed by atoms with Gasteiger partial charge in [0, 0.05) is 13.1 Å². The van der Waals surface area contributed by atoms with Crippen LogP contribution in [0.3, 0.4) is 0 Å². The maximum absolute atomic E-state index is 10.9. The first-order valence-corrected chi connectivity index (χ1v) is 7.84. The SMILES string of the molecule is CCc1cccc(OCC(O)CN(CC)S(=O)(=O)[O-])c1.[K+]. The van der Waals surface area contributed by atoms with Crippen molar-refractivity contribution in [3.63, 3.8) is 0 Å². The Balaban J connectivity index is 0.00000400. The molecular weight excluding hydrogens is 321 g/mol. The zero-order valence-electron chi connectivity index (χ0n) is 12.7.